The van der Waals surface area contributed by atoms with E-state index >= 15 is 0 Å². The summed E-state index contributed by atoms with van der Waals surface area (Å²) in [6.07, 6.45) is 1.61. The molecule has 1 fully saturated rings. The van der Waals surface area contributed by atoms with Crippen molar-refractivity contribution < 1.29 is 19.1 Å². The van der Waals surface area contributed by atoms with Gasteiger partial charge in [-0.1, -0.05) is 0 Å². The number of cyclic esters (lactones) is 1. The normalized spacial score (nSPS) is 19.2. The van der Waals surface area contributed by atoms with Gasteiger partial charge in [0.1, 0.15) is 0 Å². The topological polar surface area (TPSA) is 68.7 Å². The Kier molecular flexibility index (Phi) is 3.34. The van der Waals surface area contributed by atoms with E-state index in [9.17, 15) is 9.59 Å². The van der Waals surface area contributed by atoms with Crippen LogP contribution in [-0.4, -0.2) is 41.3 Å². The van der Waals surface area contributed by atoms with Gasteiger partial charge in [0, 0.05) is 19.0 Å². The molecule has 2 heterocycles. The molecule has 1 aliphatic heterocycles. The molecule has 0 radical (unpaired) electrons. The summed E-state index contributed by atoms with van der Waals surface area (Å²) in [6.45, 7) is 2.33. The van der Waals surface area contributed by atoms with Crippen LogP contribution in [-0.2, 0) is 9.47 Å². The lowest BCUT2D eigenvalue weighted by Gasteiger charge is -2.10. The van der Waals surface area contributed by atoms with Crippen LogP contribution in [0, 0.1) is 0 Å². The van der Waals surface area contributed by atoms with E-state index in [4.69, 9.17) is 9.47 Å². The van der Waals surface area contributed by atoms with Gasteiger partial charge in [0.05, 0.1) is 12.1 Å². The van der Waals surface area contributed by atoms with Gasteiger partial charge in [0.2, 0.25) is 6.29 Å². The molecule has 0 aliphatic carbocycles. The van der Waals surface area contributed by atoms with Crippen LogP contribution in [0.25, 0.3) is 0 Å². The summed E-state index contributed by atoms with van der Waals surface area (Å²) in [5, 5.41) is 0. The fourth-order valence-electron chi connectivity index (χ4n) is 1.52. The third-order valence-corrected chi connectivity index (χ3v) is 2.29. The maximum Gasteiger partial charge on any atom is 0.419 e. The molecule has 6 heteroatoms. The van der Waals surface area contributed by atoms with Crippen molar-refractivity contribution in [2.24, 2.45) is 0 Å². The monoisotopic (exact) mass is 236 g/mol. The summed E-state index contributed by atoms with van der Waals surface area (Å²) in [5.41, 5.74) is 0.349. The third kappa shape index (κ3) is 2.42. The number of carbonyl (C=O) groups is 2. The average molecular weight is 236 g/mol. The summed E-state index contributed by atoms with van der Waals surface area (Å²) in [4.78, 5) is 28.2. The van der Waals surface area contributed by atoms with Crippen molar-refractivity contribution in [1.82, 2.24) is 9.88 Å². The van der Waals surface area contributed by atoms with E-state index < -0.39 is 18.3 Å². The molecule has 0 aromatic carbocycles. The summed E-state index contributed by atoms with van der Waals surface area (Å²) in [6, 6.07) is 3.23. The highest BCUT2D eigenvalue weighted by atomic mass is 16.7. The Hall–Kier alpha value is -1.95. The van der Waals surface area contributed by atoms with Crippen molar-refractivity contribution in [2.75, 3.05) is 13.2 Å². The molecule has 1 aliphatic rings. The first-order valence-corrected chi connectivity index (χ1v) is 5.26. The van der Waals surface area contributed by atoms with E-state index in [1.165, 1.54) is 6.20 Å². The molecule has 1 unspecified atom stereocenters. The highest BCUT2D eigenvalue weighted by molar-refractivity contribution is 6.03. The molecule has 0 spiro atoms. The molecule has 2 rings (SSSR count). The van der Waals surface area contributed by atoms with Crippen LogP contribution in [0.1, 0.15) is 17.3 Å². The van der Waals surface area contributed by atoms with Gasteiger partial charge >= 0.3 is 6.09 Å². The smallest absolute Gasteiger partial charge is 0.417 e. The van der Waals surface area contributed by atoms with Crippen molar-refractivity contribution >= 4 is 12.0 Å². The van der Waals surface area contributed by atoms with Crippen molar-refractivity contribution in [3.8, 4) is 0 Å². The first-order chi connectivity index (χ1) is 8.22. The molecule has 2 amide bonds. The molecule has 1 aromatic rings. The number of hydrogen-bond acceptors (Lipinski definition) is 5. The van der Waals surface area contributed by atoms with E-state index in [1.807, 2.05) is 0 Å². The minimum absolute atomic E-state index is 0.112. The second-order valence-electron chi connectivity index (χ2n) is 3.43. The van der Waals surface area contributed by atoms with Crippen molar-refractivity contribution in [3.05, 3.63) is 30.1 Å². The van der Waals surface area contributed by atoms with Crippen LogP contribution in [0.2, 0.25) is 0 Å². The van der Waals surface area contributed by atoms with Gasteiger partial charge in [0.25, 0.3) is 5.91 Å². The van der Waals surface area contributed by atoms with Crippen LogP contribution in [0.4, 0.5) is 4.79 Å². The highest BCUT2D eigenvalue weighted by Crippen LogP contribution is 2.15. The number of hydrogen-bond donors (Lipinski definition) is 0. The van der Waals surface area contributed by atoms with Crippen LogP contribution in [0.5, 0.6) is 0 Å². The number of nitrogens with zero attached hydrogens (tertiary/aromatic N) is 2. The number of carbonyl (C=O) groups excluding carboxylic acids is 2. The average Bonchev–Trinajstić information content (AvgIpc) is 2.71. The number of amides is 2. The molecule has 1 aromatic heterocycles. The van der Waals surface area contributed by atoms with Gasteiger partial charge in [-0.25, -0.2) is 9.69 Å². The van der Waals surface area contributed by atoms with Crippen LogP contribution < -0.4 is 0 Å². The largest absolute Gasteiger partial charge is 0.419 e. The zero-order chi connectivity index (χ0) is 12.3. The Morgan fingerprint density at radius 2 is 2.53 bits per heavy atom. The second-order valence-corrected chi connectivity index (χ2v) is 3.43. The first-order valence-electron chi connectivity index (χ1n) is 5.26. The highest BCUT2D eigenvalue weighted by Gasteiger charge is 2.36. The number of pyridine rings is 1. The summed E-state index contributed by atoms with van der Waals surface area (Å²) >= 11 is 0. The van der Waals surface area contributed by atoms with Gasteiger partial charge < -0.3 is 9.47 Å². The summed E-state index contributed by atoms with van der Waals surface area (Å²) < 4.78 is 10.0. The predicted molar refractivity (Wildman–Crippen MR) is 57.2 cm³/mol. The van der Waals surface area contributed by atoms with E-state index in [1.54, 1.807) is 25.3 Å². The molecule has 0 N–H and O–H groups in total. The summed E-state index contributed by atoms with van der Waals surface area (Å²) in [7, 11) is 0. The van der Waals surface area contributed by atoms with Gasteiger partial charge in [-0.2, -0.15) is 0 Å². The fraction of sp³-hybridized carbons (Fsp3) is 0.364. The van der Waals surface area contributed by atoms with Crippen molar-refractivity contribution in [2.45, 2.75) is 13.2 Å². The Bertz CT molecular complexity index is 421. The van der Waals surface area contributed by atoms with Crippen molar-refractivity contribution in [1.29, 1.82) is 0 Å². The Morgan fingerprint density at radius 1 is 1.71 bits per heavy atom. The quantitative estimate of drug-likeness (QED) is 0.784. The van der Waals surface area contributed by atoms with Crippen LogP contribution in [0.3, 0.4) is 0 Å². The van der Waals surface area contributed by atoms with Crippen LogP contribution in [0.15, 0.2) is 24.5 Å². The maximum absolute atomic E-state index is 11.9. The van der Waals surface area contributed by atoms with Gasteiger partial charge in [-0.15, -0.1) is 0 Å². The minimum Gasteiger partial charge on any atom is -0.417 e. The van der Waals surface area contributed by atoms with Crippen LogP contribution >= 0.6 is 0 Å². The SMILES string of the molecule is CCOC1CN(C(=O)c2cccnc2)C(=O)O1. The maximum atomic E-state index is 11.9. The number of imide groups is 1. The summed E-state index contributed by atoms with van der Waals surface area (Å²) in [5.74, 6) is -0.426. The molecule has 1 saturated heterocycles. The number of rotatable bonds is 3. The Labute approximate surface area is 98.1 Å². The van der Waals surface area contributed by atoms with Crippen molar-refractivity contribution in [3.63, 3.8) is 0 Å². The first kappa shape index (κ1) is 11.5. The lowest BCUT2D eigenvalue weighted by atomic mass is 10.2. The Balaban J connectivity index is 2.08. The molecule has 90 valence electrons. The van der Waals surface area contributed by atoms with Gasteiger partial charge in [-0.3, -0.25) is 9.78 Å². The molecule has 0 bridgehead atoms. The minimum atomic E-state index is -0.683. The third-order valence-electron chi connectivity index (χ3n) is 2.29. The standard InChI is InChI=1S/C11H12N2O4/c1-2-16-9-7-13(11(15)17-9)10(14)8-4-3-5-12-6-8/h3-6,9H,2,7H2,1H3. The zero-order valence-corrected chi connectivity index (χ0v) is 9.33. The molecular weight excluding hydrogens is 224 g/mol. The molecule has 1 atom stereocenters. The zero-order valence-electron chi connectivity index (χ0n) is 9.33. The molecular formula is C11H12N2O4. The second kappa shape index (κ2) is 4.92. The fourth-order valence-corrected chi connectivity index (χ4v) is 1.52. The molecule has 6 nitrogen and oxygen atoms in total. The van der Waals surface area contributed by atoms with Gasteiger partial charge in [0.15, 0.2) is 0 Å². The van der Waals surface area contributed by atoms with E-state index in [0.29, 0.717) is 12.2 Å². The Morgan fingerprint density at radius 3 is 3.18 bits per heavy atom. The number of ether oxygens (including phenoxy) is 2. The lowest BCUT2D eigenvalue weighted by molar-refractivity contribution is -0.0708. The molecule has 0 saturated carbocycles. The molecule has 17 heavy (non-hydrogen) atoms. The van der Waals surface area contributed by atoms with E-state index in [2.05, 4.69) is 4.98 Å². The number of aromatic nitrogens is 1. The van der Waals surface area contributed by atoms with E-state index in [0.717, 1.165) is 4.90 Å². The van der Waals surface area contributed by atoms with E-state index in [-0.39, 0.29) is 6.54 Å². The van der Waals surface area contributed by atoms with Gasteiger partial charge in [-0.05, 0) is 19.1 Å². The predicted octanol–water partition coefficient (Wildman–Crippen LogP) is 1.04. The lowest BCUT2D eigenvalue weighted by Crippen LogP contribution is -2.32.